The van der Waals surface area contributed by atoms with Crippen molar-refractivity contribution in [3.63, 3.8) is 0 Å². The summed E-state index contributed by atoms with van der Waals surface area (Å²) in [6, 6.07) is 6.94. The molecule has 0 amide bonds. The number of esters is 2. The van der Waals surface area contributed by atoms with E-state index in [0.29, 0.717) is 17.5 Å². The Morgan fingerprint density at radius 3 is 2.94 bits per heavy atom. The average Bonchev–Trinajstić information content (AvgIpc) is 2.65. The second kappa shape index (κ2) is 4.99. The van der Waals surface area contributed by atoms with Gasteiger partial charge in [-0.25, -0.2) is 4.79 Å². The van der Waals surface area contributed by atoms with Gasteiger partial charge in [0, 0.05) is 12.0 Å². The molecule has 0 saturated carbocycles. The molecule has 0 bridgehead atoms. The maximum absolute atomic E-state index is 11.5. The minimum absolute atomic E-state index is 0.332. The maximum Gasteiger partial charge on any atom is 0.342 e. The van der Waals surface area contributed by atoms with Gasteiger partial charge in [0.2, 0.25) is 0 Å². The summed E-state index contributed by atoms with van der Waals surface area (Å²) in [4.78, 5) is 22.9. The second-order valence-corrected chi connectivity index (χ2v) is 3.92. The molecule has 0 aromatic heterocycles. The zero-order valence-corrected chi connectivity index (χ0v) is 9.64. The molecule has 4 heteroatoms. The maximum atomic E-state index is 11.5. The van der Waals surface area contributed by atoms with Crippen molar-refractivity contribution in [2.24, 2.45) is 0 Å². The summed E-state index contributed by atoms with van der Waals surface area (Å²) in [6.07, 6.45) is 1.19. The van der Waals surface area contributed by atoms with Crippen LogP contribution in [0.25, 0.3) is 0 Å². The van der Waals surface area contributed by atoms with E-state index < -0.39 is 12.3 Å². The Bertz CT molecular complexity index is 439. The summed E-state index contributed by atoms with van der Waals surface area (Å²) in [5, 5.41) is 0. The van der Waals surface area contributed by atoms with Crippen molar-refractivity contribution < 1.29 is 19.1 Å². The van der Waals surface area contributed by atoms with Gasteiger partial charge in [-0.05, 0) is 12.5 Å². The number of rotatable bonds is 4. The van der Waals surface area contributed by atoms with Crippen LogP contribution in [0.5, 0.6) is 0 Å². The van der Waals surface area contributed by atoms with E-state index in [4.69, 9.17) is 9.47 Å². The van der Waals surface area contributed by atoms with Crippen LogP contribution in [0.2, 0.25) is 0 Å². The molecule has 0 fully saturated rings. The zero-order valence-electron chi connectivity index (χ0n) is 9.64. The average molecular weight is 234 g/mol. The first-order valence-electron chi connectivity index (χ1n) is 5.71. The smallest absolute Gasteiger partial charge is 0.342 e. The molecular formula is C13H14O4. The number of fused-ring (bicyclic) bond motifs is 1. The molecule has 0 N–H and O–H groups in total. The fraction of sp³-hybridized carbons (Fsp3) is 0.385. The van der Waals surface area contributed by atoms with Gasteiger partial charge in [-0.2, -0.15) is 0 Å². The Morgan fingerprint density at radius 2 is 2.18 bits per heavy atom. The largest absolute Gasteiger partial charge is 0.421 e. The van der Waals surface area contributed by atoms with Gasteiger partial charge in [0.1, 0.15) is 0 Å². The van der Waals surface area contributed by atoms with E-state index >= 15 is 0 Å². The van der Waals surface area contributed by atoms with Crippen LogP contribution >= 0.6 is 0 Å². The lowest BCUT2D eigenvalue weighted by molar-refractivity contribution is -0.167. The Kier molecular flexibility index (Phi) is 3.42. The van der Waals surface area contributed by atoms with Gasteiger partial charge in [-0.3, -0.25) is 4.79 Å². The Labute approximate surface area is 99.5 Å². The standard InChI is InChI=1S/C13H14O4/c1-2-3-8-11(14)16-13-10-7-5-4-6-9(10)12(15)17-13/h4-7,13H,2-3,8H2,1H3. The van der Waals surface area contributed by atoms with Crippen molar-refractivity contribution >= 4 is 11.9 Å². The molecule has 4 nitrogen and oxygen atoms in total. The molecule has 1 heterocycles. The van der Waals surface area contributed by atoms with E-state index in [2.05, 4.69) is 0 Å². The second-order valence-electron chi connectivity index (χ2n) is 3.92. The number of hydrogen-bond acceptors (Lipinski definition) is 4. The van der Waals surface area contributed by atoms with Crippen LogP contribution in [0, 0.1) is 0 Å². The Balaban J connectivity index is 2.05. The highest BCUT2D eigenvalue weighted by Crippen LogP contribution is 2.31. The number of unbranched alkanes of at least 4 members (excludes halogenated alkanes) is 1. The summed E-state index contributed by atoms with van der Waals surface area (Å²) < 4.78 is 10.1. The monoisotopic (exact) mass is 234 g/mol. The van der Waals surface area contributed by atoms with E-state index in [9.17, 15) is 9.59 Å². The first-order chi connectivity index (χ1) is 8.22. The molecule has 1 aliphatic rings. The molecule has 90 valence electrons. The third-order valence-electron chi connectivity index (χ3n) is 2.62. The molecule has 17 heavy (non-hydrogen) atoms. The van der Waals surface area contributed by atoms with E-state index in [1.165, 1.54) is 0 Å². The molecule has 1 aliphatic heterocycles. The molecular weight excluding hydrogens is 220 g/mol. The normalized spacial score (nSPS) is 17.5. The third-order valence-corrected chi connectivity index (χ3v) is 2.62. The van der Waals surface area contributed by atoms with E-state index in [0.717, 1.165) is 12.8 Å². The lowest BCUT2D eigenvalue weighted by Crippen LogP contribution is -2.11. The fourth-order valence-electron chi connectivity index (χ4n) is 1.70. The van der Waals surface area contributed by atoms with Crippen LogP contribution in [0.15, 0.2) is 24.3 Å². The van der Waals surface area contributed by atoms with Crippen LogP contribution in [0.1, 0.15) is 48.4 Å². The van der Waals surface area contributed by atoms with E-state index in [-0.39, 0.29) is 5.97 Å². The molecule has 1 aromatic rings. The molecule has 2 rings (SSSR count). The predicted molar refractivity (Wildman–Crippen MR) is 60.2 cm³/mol. The van der Waals surface area contributed by atoms with Crippen molar-refractivity contribution in [3.05, 3.63) is 35.4 Å². The van der Waals surface area contributed by atoms with Gasteiger partial charge >= 0.3 is 11.9 Å². The summed E-state index contributed by atoms with van der Waals surface area (Å²) in [5.74, 6) is -0.768. The van der Waals surface area contributed by atoms with Crippen LogP contribution < -0.4 is 0 Å². The van der Waals surface area contributed by atoms with Crippen LogP contribution in [0.4, 0.5) is 0 Å². The topological polar surface area (TPSA) is 52.6 Å². The van der Waals surface area contributed by atoms with Gasteiger partial charge in [0.25, 0.3) is 6.29 Å². The molecule has 1 unspecified atom stereocenters. The minimum Gasteiger partial charge on any atom is -0.421 e. The fourth-order valence-corrected chi connectivity index (χ4v) is 1.70. The van der Waals surface area contributed by atoms with E-state index in [1.807, 2.05) is 6.92 Å². The van der Waals surface area contributed by atoms with Crippen LogP contribution in [-0.2, 0) is 14.3 Å². The van der Waals surface area contributed by atoms with Crippen molar-refractivity contribution in [3.8, 4) is 0 Å². The van der Waals surface area contributed by atoms with E-state index in [1.54, 1.807) is 24.3 Å². The highest BCUT2D eigenvalue weighted by atomic mass is 16.7. The summed E-state index contributed by atoms with van der Waals surface area (Å²) >= 11 is 0. The SMILES string of the molecule is CCCCC(=O)OC1OC(=O)c2ccccc21. The number of cyclic esters (lactones) is 1. The molecule has 0 radical (unpaired) electrons. The first-order valence-corrected chi connectivity index (χ1v) is 5.71. The lowest BCUT2D eigenvalue weighted by atomic mass is 10.1. The number of benzene rings is 1. The Hall–Kier alpha value is -1.84. The molecule has 0 saturated heterocycles. The molecule has 0 aliphatic carbocycles. The highest BCUT2D eigenvalue weighted by Gasteiger charge is 2.33. The highest BCUT2D eigenvalue weighted by molar-refractivity contribution is 5.94. The summed E-state index contributed by atoms with van der Waals surface area (Å²) in [5.41, 5.74) is 1.10. The number of ether oxygens (including phenoxy) is 2. The van der Waals surface area contributed by atoms with Crippen molar-refractivity contribution in [1.82, 2.24) is 0 Å². The van der Waals surface area contributed by atoms with Gasteiger partial charge in [-0.1, -0.05) is 31.5 Å². The lowest BCUT2D eigenvalue weighted by Gasteiger charge is -2.11. The van der Waals surface area contributed by atoms with Crippen molar-refractivity contribution in [2.75, 3.05) is 0 Å². The van der Waals surface area contributed by atoms with Crippen molar-refractivity contribution in [1.29, 1.82) is 0 Å². The molecule has 1 aromatic carbocycles. The summed E-state index contributed by atoms with van der Waals surface area (Å²) in [6.45, 7) is 2.00. The van der Waals surface area contributed by atoms with Gasteiger partial charge in [0.15, 0.2) is 0 Å². The van der Waals surface area contributed by atoms with Crippen molar-refractivity contribution in [2.45, 2.75) is 32.5 Å². The quantitative estimate of drug-likeness (QED) is 0.751. The molecule has 0 spiro atoms. The third kappa shape index (κ3) is 2.46. The minimum atomic E-state index is -0.872. The van der Waals surface area contributed by atoms with Gasteiger partial charge in [0.05, 0.1) is 5.56 Å². The van der Waals surface area contributed by atoms with Gasteiger partial charge in [-0.15, -0.1) is 0 Å². The number of hydrogen-bond donors (Lipinski definition) is 0. The first kappa shape index (κ1) is 11.6. The van der Waals surface area contributed by atoms with Gasteiger partial charge < -0.3 is 9.47 Å². The van der Waals surface area contributed by atoms with Crippen LogP contribution in [0.3, 0.4) is 0 Å². The molecule has 1 atom stereocenters. The van der Waals surface area contributed by atoms with Crippen LogP contribution in [-0.4, -0.2) is 11.9 Å². The predicted octanol–water partition coefficient (Wildman–Crippen LogP) is 2.59. The summed E-state index contributed by atoms with van der Waals surface area (Å²) in [7, 11) is 0. The zero-order chi connectivity index (χ0) is 12.3. The Morgan fingerprint density at radius 1 is 1.41 bits per heavy atom. The number of carbonyl (C=O) groups excluding carboxylic acids is 2. The number of carbonyl (C=O) groups is 2.